The van der Waals surface area contributed by atoms with Crippen molar-refractivity contribution in [3.8, 4) is 22.5 Å². The van der Waals surface area contributed by atoms with Crippen molar-refractivity contribution in [2.24, 2.45) is 0 Å². The summed E-state index contributed by atoms with van der Waals surface area (Å²) >= 11 is 0. The van der Waals surface area contributed by atoms with Crippen molar-refractivity contribution < 1.29 is 8.83 Å². The Hall–Kier alpha value is -7.04. The highest BCUT2D eigenvalue weighted by atomic mass is 16.3. The van der Waals surface area contributed by atoms with Gasteiger partial charge in [0.15, 0.2) is 0 Å². The lowest BCUT2D eigenvalue weighted by molar-refractivity contribution is 0.607. The molecule has 0 atom stereocenters. The number of nitrogens with zero attached hydrogens (tertiary/aromatic N) is 2. The van der Waals surface area contributed by atoms with Crippen LogP contribution in [-0.2, 0) is 6.42 Å². The molecule has 0 saturated carbocycles. The fourth-order valence-corrected chi connectivity index (χ4v) is 10.1. The highest BCUT2D eigenvalue weighted by Gasteiger charge is 2.18. The van der Waals surface area contributed by atoms with E-state index < -0.39 is 0 Å². The number of unbranched alkanes of at least 4 members (excludes halogenated alkanes) is 5. The van der Waals surface area contributed by atoms with Crippen molar-refractivity contribution in [2.75, 3.05) is 0 Å². The molecule has 0 fully saturated rings. The van der Waals surface area contributed by atoms with E-state index in [1.54, 1.807) is 0 Å². The molecule has 12 rings (SSSR count). The Morgan fingerprint density at radius 2 is 0.852 bits per heavy atom. The van der Waals surface area contributed by atoms with Crippen LogP contribution in [0.3, 0.4) is 0 Å². The van der Waals surface area contributed by atoms with Crippen LogP contribution >= 0.6 is 0 Å². The predicted octanol–water partition coefficient (Wildman–Crippen LogP) is 16.6. The first-order chi connectivity index (χ1) is 30.1. The molecule has 61 heavy (non-hydrogen) atoms. The summed E-state index contributed by atoms with van der Waals surface area (Å²) in [5.41, 5.74) is 15.6. The maximum atomic E-state index is 6.48. The van der Waals surface area contributed by atoms with Gasteiger partial charge in [0.2, 0.25) is 0 Å². The summed E-state index contributed by atoms with van der Waals surface area (Å²) in [6.45, 7) is 4.45. The van der Waals surface area contributed by atoms with Crippen molar-refractivity contribution in [3.05, 3.63) is 169 Å². The zero-order valence-electron chi connectivity index (χ0n) is 34.7. The van der Waals surface area contributed by atoms with Crippen LogP contribution in [0.5, 0.6) is 0 Å². The number of hydrogen-bond donors (Lipinski definition) is 0. The van der Waals surface area contributed by atoms with Crippen molar-refractivity contribution >= 4 is 87.5 Å². The SMILES string of the molecule is CCCCCCCCc1ccc2c(c1)c1ccccc1n2-c1ccc2oc3ccc(-c4ccc5oc6ccc(-n7c8ccccc8c8cc(C)ccc87)cc6c5c4)cc3c2c1. The molecule has 296 valence electrons. The second-order valence-corrected chi connectivity index (χ2v) is 17.1. The van der Waals surface area contributed by atoms with E-state index in [1.807, 2.05) is 0 Å². The lowest BCUT2D eigenvalue weighted by Gasteiger charge is -2.09. The summed E-state index contributed by atoms with van der Waals surface area (Å²) in [7, 11) is 0. The second kappa shape index (κ2) is 14.3. The van der Waals surface area contributed by atoms with Crippen LogP contribution in [0.2, 0.25) is 0 Å². The van der Waals surface area contributed by atoms with E-state index in [-0.39, 0.29) is 0 Å². The summed E-state index contributed by atoms with van der Waals surface area (Å²) in [6.07, 6.45) is 9.01. The van der Waals surface area contributed by atoms with Gasteiger partial charge in [-0.3, -0.25) is 0 Å². The molecule has 0 aliphatic rings. The zero-order valence-corrected chi connectivity index (χ0v) is 34.7. The minimum Gasteiger partial charge on any atom is -0.456 e. The standard InChI is InChI=1S/C57H46N2O2/c1-3-4-5-6-7-8-13-37-19-25-53-45(31-37)43-15-10-12-17-51(43)59(53)41-23-29-57-49(35-41)47-33-39(21-27-55(47)61-57)38-20-26-54-46(32-38)48-34-40(22-28-56(48)60-54)58-50-16-11-9-14-42(50)44-30-36(2)18-24-52(44)58/h9-12,14-35H,3-8,13H2,1-2H3. The Bertz CT molecular complexity index is 3660. The van der Waals surface area contributed by atoms with E-state index in [0.717, 1.165) is 72.8 Å². The van der Waals surface area contributed by atoms with E-state index in [4.69, 9.17) is 8.83 Å². The highest BCUT2D eigenvalue weighted by molar-refractivity contribution is 6.13. The maximum absolute atomic E-state index is 6.48. The lowest BCUT2D eigenvalue weighted by Crippen LogP contribution is -1.94. The Labute approximate surface area is 354 Å². The van der Waals surface area contributed by atoms with Gasteiger partial charge >= 0.3 is 0 Å². The van der Waals surface area contributed by atoms with Gasteiger partial charge in [0.1, 0.15) is 22.3 Å². The molecular weight excluding hydrogens is 745 g/mol. The molecule has 0 amide bonds. The fraction of sp³-hybridized carbons (Fsp3) is 0.158. The first kappa shape index (κ1) is 35.9. The van der Waals surface area contributed by atoms with Crippen LogP contribution in [0.4, 0.5) is 0 Å². The van der Waals surface area contributed by atoms with Crippen LogP contribution in [-0.4, -0.2) is 9.13 Å². The van der Waals surface area contributed by atoms with Crippen LogP contribution in [0.1, 0.15) is 56.6 Å². The van der Waals surface area contributed by atoms with Gasteiger partial charge in [0, 0.05) is 54.5 Å². The summed E-state index contributed by atoms with van der Waals surface area (Å²) < 4.78 is 17.7. The predicted molar refractivity (Wildman–Crippen MR) is 257 cm³/mol. The van der Waals surface area contributed by atoms with Gasteiger partial charge in [-0.25, -0.2) is 0 Å². The first-order valence-corrected chi connectivity index (χ1v) is 22.1. The van der Waals surface area contributed by atoms with Gasteiger partial charge < -0.3 is 18.0 Å². The maximum Gasteiger partial charge on any atom is 0.135 e. The number of furan rings is 2. The highest BCUT2D eigenvalue weighted by Crippen LogP contribution is 2.40. The number of hydrogen-bond acceptors (Lipinski definition) is 2. The number of rotatable bonds is 10. The summed E-state index contributed by atoms with van der Waals surface area (Å²) in [4.78, 5) is 0. The topological polar surface area (TPSA) is 36.1 Å². The molecule has 8 aromatic carbocycles. The number of fused-ring (bicyclic) bond motifs is 12. The van der Waals surface area contributed by atoms with Crippen molar-refractivity contribution in [1.29, 1.82) is 0 Å². The number of benzene rings is 8. The molecule has 0 unspecified atom stereocenters. The van der Waals surface area contributed by atoms with Crippen molar-refractivity contribution in [3.63, 3.8) is 0 Å². The van der Waals surface area contributed by atoms with Crippen LogP contribution < -0.4 is 0 Å². The van der Waals surface area contributed by atoms with Crippen molar-refractivity contribution in [1.82, 2.24) is 9.13 Å². The monoisotopic (exact) mass is 790 g/mol. The van der Waals surface area contributed by atoms with Gasteiger partial charge in [0.05, 0.1) is 22.1 Å². The first-order valence-electron chi connectivity index (χ1n) is 22.1. The average molecular weight is 791 g/mol. The molecule has 0 radical (unpaired) electrons. The van der Waals surface area contributed by atoms with E-state index in [9.17, 15) is 0 Å². The number of aromatic nitrogens is 2. The van der Waals surface area contributed by atoms with Gasteiger partial charge in [0.25, 0.3) is 0 Å². The Morgan fingerprint density at radius 3 is 1.44 bits per heavy atom. The molecule has 0 spiro atoms. The second-order valence-electron chi connectivity index (χ2n) is 17.1. The number of aryl methyl sites for hydroxylation is 2. The molecule has 0 bridgehead atoms. The van der Waals surface area contributed by atoms with E-state index in [0.29, 0.717) is 0 Å². The van der Waals surface area contributed by atoms with Crippen LogP contribution in [0.25, 0.3) is 110 Å². The molecule has 0 aliphatic carbocycles. The minimum absolute atomic E-state index is 0.883. The summed E-state index contributed by atoms with van der Waals surface area (Å²) in [5.74, 6) is 0. The molecule has 4 nitrogen and oxygen atoms in total. The molecule has 12 aromatic rings. The molecule has 4 heterocycles. The Morgan fingerprint density at radius 1 is 0.377 bits per heavy atom. The third-order valence-electron chi connectivity index (χ3n) is 13.1. The Balaban J connectivity index is 0.932. The van der Waals surface area contributed by atoms with Crippen LogP contribution in [0, 0.1) is 6.92 Å². The third kappa shape index (κ3) is 5.88. The van der Waals surface area contributed by atoms with Gasteiger partial charge in [-0.15, -0.1) is 0 Å². The molecule has 4 heteroatoms. The van der Waals surface area contributed by atoms with Gasteiger partial charge in [-0.1, -0.05) is 105 Å². The Kier molecular flexibility index (Phi) is 8.41. The number of para-hydroxylation sites is 2. The van der Waals surface area contributed by atoms with Crippen LogP contribution in [0.15, 0.2) is 167 Å². The molecule has 0 aliphatic heterocycles. The summed E-state index contributed by atoms with van der Waals surface area (Å²) in [5, 5.41) is 9.57. The molecular formula is C57H46N2O2. The molecule has 0 saturated heterocycles. The molecule has 4 aromatic heterocycles. The zero-order chi connectivity index (χ0) is 40.6. The molecule has 0 N–H and O–H groups in total. The average Bonchev–Trinajstić information content (AvgIpc) is 4.04. The largest absolute Gasteiger partial charge is 0.456 e. The van der Waals surface area contributed by atoms with E-state index in [1.165, 1.54) is 93.3 Å². The normalized spacial score (nSPS) is 12.2. The van der Waals surface area contributed by atoms with Gasteiger partial charge in [-0.2, -0.15) is 0 Å². The van der Waals surface area contributed by atoms with E-state index >= 15 is 0 Å². The summed E-state index contributed by atoms with van der Waals surface area (Å²) in [6, 6.07) is 57.8. The minimum atomic E-state index is 0.883. The van der Waals surface area contributed by atoms with Gasteiger partial charge in [-0.05, 0) is 134 Å². The fourth-order valence-electron chi connectivity index (χ4n) is 10.1. The lowest BCUT2D eigenvalue weighted by atomic mass is 10.0. The smallest absolute Gasteiger partial charge is 0.135 e. The van der Waals surface area contributed by atoms with Crippen molar-refractivity contribution in [2.45, 2.75) is 58.8 Å². The van der Waals surface area contributed by atoms with E-state index in [2.05, 4.69) is 181 Å². The third-order valence-corrected chi connectivity index (χ3v) is 13.1. The quantitative estimate of drug-likeness (QED) is 0.129.